The molecule has 20 heavy (non-hydrogen) atoms. The summed E-state index contributed by atoms with van der Waals surface area (Å²) in [5, 5.41) is 6.19. The summed E-state index contributed by atoms with van der Waals surface area (Å²) in [4.78, 5) is 22.9. The molecular weight excluding hydrogens is 254 g/mol. The third kappa shape index (κ3) is 3.20. The van der Waals surface area contributed by atoms with Gasteiger partial charge in [-0.3, -0.25) is 0 Å². The van der Waals surface area contributed by atoms with Crippen LogP contribution in [0.2, 0.25) is 0 Å². The maximum atomic E-state index is 12.0. The number of benzene rings is 2. The van der Waals surface area contributed by atoms with Crippen molar-refractivity contribution in [3.05, 3.63) is 64.6 Å². The second kappa shape index (κ2) is 5.97. The molecule has 2 aromatic carbocycles. The summed E-state index contributed by atoms with van der Waals surface area (Å²) in [5.41, 5.74) is 3.17. The first kappa shape index (κ1) is 13.7. The quantitative estimate of drug-likeness (QED) is 0.675. The third-order valence-electron chi connectivity index (χ3n) is 2.86. The molecule has 0 aliphatic carbocycles. The second-order valence-corrected chi connectivity index (χ2v) is 4.53. The van der Waals surface area contributed by atoms with Crippen LogP contribution < -0.4 is 10.3 Å². The van der Waals surface area contributed by atoms with E-state index in [1.54, 1.807) is 24.3 Å². The summed E-state index contributed by atoms with van der Waals surface area (Å²) >= 11 is 0. The van der Waals surface area contributed by atoms with Gasteiger partial charge in [0.05, 0.1) is 11.0 Å². The van der Waals surface area contributed by atoms with Gasteiger partial charge in [0.15, 0.2) is 0 Å². The minimum atomic E-state index is -0.590. The fourth-order valence-corrected chi connectivity index (χ4v) is 1.70. The molecule has 0 spiro atoms. The fourth-order valence-electron chi connectivity index (χ4n) is 1.70. The number of nitrogens with one attached hydrogen (secondary N) is 1. The van der Waals surface area contributed by atoms with Crippen LogP contribution in [0.1, 0.15) is 11.1 Å². The Bertz CT molecular complexity index is 606. The van der Waals surface area contributed by atoms with E-state index in [0.29, 0.717) is 11.4 Å². The predicted molar refractivity (Wildman–Crippen MR) is 79.7 cm³/mol. The van der Waals surface area contributed by atoms with E-state index in [-0.39, 0.29) is 0 Å². The molecule has 0 atom stereocenters. The zero-order valence-corrected chi connectivity index (χ0v) is 11.3. The highest BCUT2D eigenvalue weighted by Gasteiger charge is 2.16. The first-order chi connectivity index (χ1) is 9.60. The maximum absolute atomic E-state index is 12.0. The van der Waals surface area contributed by atoms with Gasteiger partial charge in [0.25, 0.3) is 0 Å². The van der Waals surface area contributed by atoms with Crippen LogP contribution >= 0.6 is 0 Å². The molecule has 102 valence electrons. The molecule has 2 amide bonds. The van der Waals surface area contributed by atoms with Gasteiger partial charge in [0, 0.05) is 5.69 Å². The molecular formula is C15H15N3O2. The van der Waals surface area contributed by atoms with Gasteiger partial charge in [-0.15, -0.1) is 9.92 Å². The van der Waals surface area contributed by atoms with Crippen molar-refractivity contribution in [1.29, 1.82) is 0 Å². The molecule has 0 aliphatic heterocycles. The van der Waals surface area contributed by atoms with Crippen LogP contribution in [0.25, 0.3) is 0 Å². The molecule has 2 aromatic rings. The Morgan fingerprint density at radius 1 is 0.950 bits per heavy atom. The van der Waals surface area contributed by atoms with Crippen LogP contribution in [0, 0.1) is 18.8 Å². The molecule has 0 heterocycles. The largest absolute Gasteiger partial charge is 0.349 e. The van der Waals surface area contributed by atoms with E-state index in [2.05, 4.69) is 10.6 Å². The lowest BCUT2D eigenvalue weighted by molar-refractivity contribution is 0.257. The van der Waals surface area contributed by atoms with Crippen LogP contribution in [0.3, 0.4) is 0 Å². The summed E-state index contributed by atoms with van der Waals surface area (Å²) in [5.74, 6) is 0. The molecule has 2 rings (SSSR count). The molecule has 0 saturated carbocycles. The van der Waals surface area contributed by atoms with Gasteiger partial charge in [-0.25, -0.2) is 4.79 Å². The van der Waals surface area contributed by atoms with Crippen molar-refractivity contribution in [1.82, 2.24) is 0 Å². The molecule has 0 fully saturated rings. The van der Waals surface area contributed by atoms with E-state index < -0.39 is 6.03 Å². The first-order valence-corrected chi connectivity index (χ1v) is 6.18. The van der Waals surface area contributed by atoms with Gasteiger partial charge in [-0.05, 0) is 38.1 Å². The van der Waals surface area contributed by atoms with Crippen LogP contribution in [0.4, 0.5) is 16.2 Å². The Kier molecular flexibility index (Phi) is 4.10. The standard InChI is InChI=1S/C15H15N3O2/c1-11-3-7-13(8-4-11)16-15(19)18(17-20)14-9-5-12(2)6-10-14/h3-10H,1-2H3,(H,16,19). The normalized spacial score (nSPS) is 9.90. The lowest BCUT2D eigenvalue weighted by atomic mass is 10.2. The number of urea groups is 1. The number of nitroso groups, excluding NO2 is 1. The molecule has 0 radical (unpaired) electrons. The summed E-state index contributed by atoms with van der Waals surface area (Å²) in [6.45, 7) is 3.88. The molecule has 0 aliphatic rings. The maximum Gasteiger partial charge on any atom is 0.349 e. The number of anilines is 2. The summed E-state index contributed by atoms with van der Waals surface area (Å²) in [6.07, 6.45) is 0. The van der Waals surface area contributed by atoms with Crippen molar-refractivity contribution >= 4 is 17.4 Å². The van der Waals surface area contributed by atoms with Gasteiger partial charge in [0.1, 0.15) is 0 Å². The minimum absolute atomic E-state index is 0.426. The summed E-state index contributed by atoms with van der Waals surface area (Å²) in [6, 6.07) is 13.7. The molecule has 0 unspecified atom stereocenters. The van der Waals surface area contributed by atoms with Crippen LogP contribution in [-0.2, 0) is 0 Å². The lowest BCUT2D eigenvalue weighted by Crippen LogP contribution is -2.29. The summed E-state index contributed by atoms with van der Waals surface area (Å²) < 4.78 is 0. The van der Waals surface area contributed by atoms with Crippen LogP contribution in [0.15, 0.2) is 53.8 Å². The highest BCUT2D eigenvalue weighted by atomic mass is 16.3. The van der Waals surface area contributed by atoms with E-state index in [9.17, 15) is 9.70 Å². The number of carbonyl (C=O) groups excluding carboxylic acids is 1. The van der Waals surface area contributed by atoms with Crippen molar-refractivity contribution in [2.75, 3.05) is 10.3 Å². The summed E-state index contributed by atoms with van der Waals surface area (Å²) in [7, 11) is 0. The average Bonchev–Trinajstić information content (AvgIpc) is 2.44. The van der Waals surface area contributed by atoms with Crippen molar-refractivity contribution in [2.45, 2.75) is 13.8 Å². The Labute approximate surface area is 117 Å². The number of aryl methyl sites for hydroxylation is 2. The van der Waals surface area contributed by atoms with Crippen molar-refractivity contribution < 1.29 is 4.79 Å². The number of amides is 2. The fraction of sp³-hybridized carbons (Fsp3) is 0.133. The molecule has 0 saturated heterocycles. The number of nitrogens with zero attached hydrogens (tertiary/aromatic N) is 2. The van der Waals surface area contributed by atoms with Gasteiger partial charge < -0.3 is 5.32 Å². The van der Waals surface area contributed by atoms with Crippen LogP contribution in [0.5, 0.6) is 0 Å². The van der Waals surface area contributed by atoms with E-state index in [4.69, 9.17) is 0 Å². The van der Waals surface area contributed by atoms with Crippen molar-refractivity contribution in [2.24, 2.45) is 5.29 Å². The lowest BCUT2D eigenvalue weighted by Gasteiger charge is -2.14. The monoisotopic (exact) mass is 269 g/mol. The Morgan fingerprint density at radius 3 is 1.95 bits per heavy atom. The predicted octanol–water partition coefficient (Wildman–Crippen LogP) is 4.02. The number of hydrogen-bond acceptors (Lipinski definition) is 3. The molecule has 0 bridgehead atoms. The van der Waals surface area contributed by atoms with E-state index in [1.165, 1.54) is 0 Å². The molecule has 5 heteroatoms. The zero-order chi connectivity index (χ0) is 14.5. The molecule has 0 aromatic heterocycles. The van der Waals surface area contributed by atoms with E-state index in [0.717, 1.165) is 16.1 Å². The van der Waals surface area contributed by atoms with Crippen molar-refractivity contribution in [3.8, 4) is 0 Å². The number of carbonyl (C=O) groups is 1. The number of hydrogen-bond donors (Lipinski definition) is 1. The highest BCUT2D eigenvalue weighted by molar-refractivity contribution is 6.01. The van der Waals surface area contributed by atoms with Gasteiger partial charge in [-0.2, -0.15) is 0 Å². The Balaban J connectivity index is 2.15. The highest BCUT2D eigenvalue weighted by Crippen LogP contribution is 2.17. The smallest absolute Gasteiger partial charge is 0.306 e. The Hall–Kier alpha value is -2.69. The second-order valence-electron chi connectivity index (χ2n) is 4.53. The first-order valence-electron chi connectivity index (χ1n) is 6.18. The number of rotatable bonds is 3. The SMILES string of the molecule is Cc1ccc(NC(=O)N(N=O)c2ccc(C)cc2)cc1. The van der Waals surface area contributed by atoms with E-state index >= 15 is 0 Å². The van der Waals surface area contributed by atoms with Gasteiger partial charge in [-0.1, -0.05) is 35.4 Å². The van der Waals surface area contributed by atoms with Gasteiger partial charge >= 0.3 is 6.03 Å². The third-order valence-corrected chi connectivity index (χ3v) is 2.86. The van der Waals surface area contributed by atoms with Crippen LogP contribution in [-0.4, -0.2) is 6.03 Å². The van der Waals surface area contributed by atoms with Gasteiger partial charge in [0.2, 0.25) is 0 Å². The minimum Gasteiger partial charge on any atom is -0.306 e. The Morgan fingerprint density at radius 2 is 1.45 bits per heavy atom. The molecule has 5 nitrogen and oxygen atoms in total. The average molecular weight is 269 g/mol. The van der Waals surface area contributed by atoms with E-state index in [1.807, 2.05) is 38.1 Å². The molecule has 1 N–H and O–H groups in total. The topological polar surface area (TPSA) is 61.8 Å². The zero-order valence-electron chi connectivity index (χ0n) is 11.3. The van der Waals surface area contributed by atoms with Crippen molar-refractivity contribution in [3.63, 3.8) is 0 Å².